The van der Waals surface area contributed by atoms with E-state index in [-0.39, 0.29) is 29.8 Å². The zero-order valence-corrected chi connectivity index (χ0v) is 12.6. The van der Waals surface area contributed by atoms with E-state index in [1.165, 1.54) is 32.2 Å². The quantitative estimate of drug-likeness (QED) is 0.736. The largest absolute Gasteiger partial charge is 0.478 e. The molecule has 0 aliphatic carbocycles. The molecule has 1 aromatic rings. The summed E-state index contributed by atoms with van der Waals surface area (Å²) < 4.78 is 30.5. The van der Waals surface area contributed by atoms with E-state index in [1.54, 1.807) is 0 Å². The molecule has 0 amide bonds. The zero-order valence-electron chi connectivity index (χ0n) is 11.8. The summed E-state index contributed by atoms with van der Waals surface area (Å²) in [6, 6.07) is 4.34. The van der Waals surface area contributed by atoms with E-state index < -0.39 is 22.0 Å². The van der Waals surface area contributed by atoms with Crippen molar-refractivity contribution in [2.24, 2.45) is 0 Å². The van der Waals surface area contributed by atoms with Gasteiger partial charge >= 0.3 is 11.9 Å². The number of carbonyl (C=O) groups excluding carboxylic acids is 1. The average molecular weight is 315 g/mol. The number of sulfonamides is 1. The molecule has 0 saturated carbocycles. The first kappa shape index (κ1) is 17.0. The third-order valence-corrected chi connectivity index (χ3v) is 4.21. The second-order valence-electron chi connectivity index (χ2n) is 4.38. The summed E-state index contributed by atoms with van der Waals surface area (Å²) in [6.45, 7) is 1.52. The highest BCUT2D eigenvalue weighted by Gasteiger charge is 2.16. The monoisotopic (exact) mass is 315 g/mol. The van der Waals surface area contributed by atoms with Gasteiger partial charge in [0.2, 0.25) is 10.0 Å². The molecule has 0 spiro atoms. The molecular weight excluding hydrogens is 298 g/mol. The number of rotatable bonds is 7. The molecule has 21 heavy (non-hydrogen) atoms. The Bertz CT molecular complexity index is 638. The Morgan fingerprint density at radius 2 is 2.00 bits per heavy atom. The maximum absolute atomic E-state index is 11.9. The number of carboxylic acid groups (broad SMARTS) is 1. The van der Waals surface area contributed by atoms with Gasteiger partial charge < -0.3 is 9.84 Å². The van der Waals surface area contributed by atoms with Crippen molar-refractivity contribution in [3.63, 3.8) is 0 Å². The Morgan fingerprint density at radius 3 is 2.57 bits per heavy atom. The van der Waals surface area contributed by atoms with Crippen LogP contribution >= 0.6 is 0 Å². The van der Waals surface area contributed by atoms with Crippen LogP contribution in [0.3, 0.4) is 0 Å². The van der Waals surface area contributed by atoms with Crippen LogP contribution in [0.4, 0.5) is 5.69 Å². The van der Waals surface area contributed by atoms with Gasteiger partial charge in [0, 0.05) is 6.42 Å². The van der Waals surface area contributed by atoms with Crippen molar-refractivity contribution in [3.8, 4) is 0 Å². The summed E-state index contributed by atoms with van der Waals surface area (Å²) in [5.74, 6) is -1.85. The van der Waals surface area contributed by atoms with E-state index in [0.717, 1.165) is 0 Å². The minimum Gasteiger partial charge on any atom is -0.478 e. The summed E-state index contributed by atoms with van der Waals surface area (Å²) >= 11 is 0. The Labute approximate surface area is 123 Å². The molecular formula is C13H17NO6S. The first-order chi connectivity index (χ1) is 9.76. The lowest BCUT2D eigenvalue weighted by molar-refractivity contribution is -0.140. The summed E-state index contributed by atoms with van der Waals surface area (Å²) in [7, 11) is -2.42. The molecule has 1 aromatic carbocycles. The Morgan fingerprint density at radius 1 is 1.33 bits per heavy atom. The maximum Gasteiger partial charge on any atom is 0.336 e. The summed E-state index contributed by atoms with van der Waals surface area (Å²) in [4.78, 5) is 21.9. The summed E-state index contributed by atoms with van der Waals surface area (Å²) in [5, 5.41) is 8.99. The number of methoxy groups -OCH3 is 1. The highest BCUT2D eigenvalue weighted by atomic mass is 32.2. The number of benzene rings is 1. The van der Waals surface area contributed by atoms with E-state index in [0.29, 0.717) is 5.56 Å². The number of aromatic carboxylic acids is 1. The number of esters is 1. The fourth-order valence-electron chi connectivity index (χ4n) is 1.71. The van der Waals surface area contributed by atoms with Gasteiger partial charge in [-0.15, -0.1) is 0 Å². The van der Waals surface area contributed by atoms with Crippen molar-refractivity contribution in [3.05, 3.63) is 29.3 Å². The number of hydrogen-bond acceptors (Lipinski definition) is 5. The molecule has 0 aliphatic rings. The van der Waals surface area contributed by atoms with Gasteiger partial charge in [-0.3, -0.25) is 9.52 Å². The number of carbonyl (C=O) groups is 2. The van der Waals surface area contributed by atoms with Crippen molar-refractivity contribution >= 4 is 27.6 Å². The highest BCUT2D eigenvalue weighted by Crippen LogP contribution is 2.20. The van der Waals surface area contributed by atoms with Crippen LogP contribution in [0.25, 0.3) is 0 Å². The molecule has 2 N–H and O–H groups in total. The van der Waals surface area contributed by atoms with Crippen molar-refractivity contribution in [1.82, 2.24) is 0 Å². The predicted molar refractivity (Wildman–Crippen MR) is 76.8 cm³/mol. The van der Waals surface area contributed by atoms with Gasteiger partial charge in [0.05, 0.1) is 24.1 Å². The predicted octanol–water partition coefficient (Wildman–Crippen LogP) is 1.39. The van der Waals surface area contributed by atoms with Crippen LogP contribution in [0.15, 0.2) is 18.2 Å². The van der Waals surface area contributed by atoms with Gasteiger partial charge in [-0.2, -0.15) is 0 Å². The molecule has 0 unspecified atom stereocenters. The van der Waals surface area contributed by atoms with E-state index in [9.17, 15) is 18.0 Å². The molecule has 8 heteroatoms. The Balaban J connectivity index is 2.78. The van der Waals surface area contributed by atoms with Crippen LogP contribution < -0.4 is 4.72 Å². The van der Waals surface area contributed by atoms with Crippen molar-refractivity contribution in [2.45, 2.75) is 19.8 Å². The average Bonchev–Trinajstić information content (AvgIpc) is 2.40. The number of anilines is 1. The SMILES string of the molecule is COC(=O)CCCS(=O)(=O)Nc1cccc(C(=O)O)c1C. The summed E-state index contributed by atoms with van der Waals surface area (Å²) in [5.41, 5.74) is 0.583. The fourth-order valence-corrected chi connectivity index (χ4v) is 2.89. The second kappa shape index (κ2) is 7.07. The van der Waals surface area contributed by atoms with Crippen LogP contribution in [-0.4, -0.2) is 38.3 Å². The number of carboxylic acids is 1. The second-order valence-corrected chi connectivity index (χ2v) is 6.23. The summed E-state index contributed by atoms with van der Waals surface area (Å²) in [6.07, 6.45) is 0.130. The number of hydrogen-bond donors (Lipinski definition) is 2. The van der Waals surface area contributed by atoms with Crippen molar-refractivity contribution in [2.75, 3.05) is 17.6 Å². The zero-order chi connectivity index (χ0) is 16.0. The van der Waals surface area contributed by atoms with Crippen molar-refractivity contribution < 1.29 is 27.9 Å². The molecule has 0 aliphatic heterocycles. The lowest BCUT2D eigenvalue weighted by Gasteiger charge is -2.11. The van der Waals surface area contributed by atoms with Gasteiger partial charge in [0.1, 0.15) is 0 Å². The van der Waals surface area contributed by atoms with Crippen LogP contribution in [0, 0.1) is 6.92 Å². The van der Waals surface area contributed by atoms with Crippen LogP contribution in [0.2, 0.25) is 0 Å². The fraction of sp³-hybridized carbons (Fsp3) is 0.385. The molecule has 0 radical (unpaired) electrons. The minimum absolute atomic E-state index is 0.00551. The highest BCUT2D eigenvalue weighted by molar-refractivity contribution is 7.92. The third kappa shape index (κ3) is 5.07. The molecule has 0 saturated heterocycles. The Kier molecular flexibility index (Phi) is 5.71. The van der Waals surface area contributed by atoms with Gasteiger partial charge in [0.25, 0.3) is 0 Å². The van der Waals surface area contributed by atoms with E-state index in [1.807, 2.05) is 0 Å². The van der Waals surface area contributed by atoms with Gasteiger partial charge in [-0.1, -0.05) is 6.07 Å². The van der Waals surface area contributed by atoms with E-state index in [4.69, 9.17) is 5.11 Å². The lowest BCUT2D eigenvalue weighted by atomic mass is 10.1. The third-order valence-electron chi connectivity index (χ3n) is 2.85. The van der Waals surface area contributed by atoms with Crippen LogP contribution in [-0.2, 0) is 19.6 Å². The lowest BCUT2D eigenvalue weighted by Crippen LogP contribution is -2.19. The molecule has 0 fully saturated rings. The Hall–Kier alpha value is -2.09. The van der Waals surface area contributed by atoms with Gasteiger partial charge in [0.15, 0.2) is 0 Å². The van der Waals surface area contributed by atoms with Gasteiger partial charge in [-0.05, 0) is 31.0 Å². The van der Waals surface area contributed by atoms with Crippen LogP contribution in [0.1, 0.15) is 28.8 Å². The molecule has 0 heterocycles. The van der Waals surface area contributed by atoms with Crippen molar-refractivity contribution in [1.29, 1.82) is 0 Å². The van der Waals surface area contributed by atoms with Gasteiger partial charge in [-0.25, -0.2) is 13.2 Å². The maximum atomic E-state index is 11.9. The molecule has 1 rings (SSSR count). The standard InChI is InChI=1S/C13H17NO6S/c1-9-10(13(16)17)5-3-6-11(9)14-21(18,19)8-4-7-12(15)20-2/h3,5-6,14H,4,7-8H2,1-2H3,(H,16,17). The topological polar surface area (TPSA) is 110 Å². The molecule has 7 nitrogen and oxygen atoms in total. The van der Waals surface area contributed by atoms with E-state index >= 15 is 0 Å². The first-order valence-electron chi connectivity index (χ1n) is 6.17. The normalized spacial score (nSPS) is 11.0. The molecule has 0 bridgehead atoms. The smallest absolute Gasteiger partial charge is 0.336 e. The molecule has 116 valence electrons. The molecule has 0 atom stereocenters. The first-order valence-corrected chi connectivity index (χ1v) is 7.82. The van der Waals surface area contributed by atoms with E-state index in [2.05, 4.69) is 9.46 Å². The molecule has 0 aromatic heterocycles. The van der Waals surface area contributed by atoms with Crippen LogP contribution in [0.5, 0.6) is 0 Å². The minimum atomic E-state index is -3.65. The number of nitrogens with one attached hydrogen (secondary N) is 1. The number of ether oxygens (including phenoxy) is 1.